The van der Waals surface area contributed by atoms with Crippen molar-refractivity contribution in [3.05, 3.63) is 28.5 Å². The molecule has 20 heavy (non-hydrogen) atoms. The zero-order valence-corrected chi connectivity index (χ0v) is 12.3. The molecule has 3 rings (SSSR count). The number of aromatic amines is 1. The first kappa shape index (κ1) is 13.7. The van der Waals surface area contributed by atoms with Crippen molar-refractivity contribution in [1.82, 2.24) is 9.55 Å². The fourth-order valence-electron chi connectivity index (χ4n) is 3.37. The Bertz CT molecular complexity index is 683. The van der Waals surface area contributed by atoms with E-state index < -0.39 is 11.6 Å². The molecule has 1 unspecified atom stereocenters. The number of hydrogen-bond acceptors (Lipinski definition) is 1. The molecule has 1 aliphatic carbocycles. The van der Waals surface area contributed by atoms with Crippen LogP contribution in [0.5, 0.6) is 0 Å². The maximum atomic E-state index is 14.1. The lowest BCUT2D eigenvalue weighted by Crippen LogP contribution is -2.19. The Morgan fingerprint density at radius 1 is 1.25 bits per heavy atom. The van der Waals surface area contributed by atoms with Crippen molar-refractivity contribution < 1.29 is 8.78 Å². The van der Waals surface area contributed by atoms with Gasteiger partial charge in [0.1, 0.15) is 5.52 Å². The highest BCUT2D eigenvalue weighted by Crippen LogP contribution is 2.35. The zero-order valence-electron chi connectivity index (χ0n) is 11.5. The van der Waals surface area contributed by atoms with Crippen molar-refractivity contribution in [3.8, 4) is 0 Å². The van der Waals surface area contributed by atoms with Crippen molar-refractivity contribution in [2.45, 2.75) is 45.1 Å². The predicted octanol–water partition coefficient (Wildman–Crippen LogP) is 5.12. The van der Waals surface area contributed by atoms with Gasteiger partial charge in [-0.3, -0.25) is 0 Å². The van der Waals surface area contributed by atoms with Gasteiger partial charge in [0.2, 0.25) is 0 Å². The largest absolute Gasteiger partial charge is 0.330 e. The van der Waals surface area contributed by atoms with Crippen LogP contribution in [0.4, 0.5) is 8.78 Å². The Labute approximate surface area is 121 Å². The summed E-state index contributed by atoms with van der Waals surface area (Å²) in [5.41, 5.74) is 0.838. The maximum absolute atomic E-state index is 14.1. The van der Waals surface area contributed by atoms with E-state index in [1.807, 2.05) is 0 Å². The Kier molecular flexibility index (Phi) is 3.63. The third-order valence-electron chi connectivity index (χ3n) is 4.51. The molecule has 0 amide bonds. The molecule has 108 valence electrons. The average Bonchev–Trinajstić information content (AvgIpc) is 2.80. The fourth-order valence-corrected chi connectivity index (χ4v) is 3.74. The van der Waals surface area contributed by atoms with Crippen LogP contribution in [0.3, 0.4) is 0 Å². The SMILES string of the molecule is CC(C1CCCCC1)n1c(=S)[nH]c2ccc(F)c(F)c21. The van der Waals surface area contributed by atoms with Crippen molar-refractivity contribution in [3.63, 3.8) is 0 Å². The van der Waals surface area contributed by atoms with E-state index >= 15 is 0 Å². The topological polar surface area (TPSA) is 20.7 Å². The lowest BCUT2D eigenvalue weighted by atomic mass is 9.84. The standard InChI is InChI=1S/C15H18F2N2S/c1-9(10-5-3-2-4-6-10)19-14-12(18-15(19)20)8-7-11(16)13(14)17/h7-10H,2-6H2,1H3,(H,18,20). The molecule has 1 fully saturated rings. The summed E-state index contributed by atoms with van der Waals surface area (Å²) >= 11 is 5.32. The van der Waals surface area contributed by atoms with Crippen molar-refractivity contribution in [2.24, 2.45) is 5.92 Å². The van der Waals surface area contributed by atoms with Crippen LogP contribution >= 0.6 is 12.2 Å². The molecular formula is C15H18F2N2S. The predicted molar refractivity (Wildman–Crippen MR) is 78.3 cm³/mol. The van der Waals surface area contributed by atoms with Gasteiger partial charge in [0.25, 0.3) is 0 Å². The molecule has 0 bridgehead atoms. The third-order valence-corrected chi connectivity index (χ3v) is 4.81. The zero-order chi connectivity index (χ0) is 14.3. The van der Waals surface area contributed by atoms with E-state index in [-0.39, 0.29) is 11.6 Å². The normalized spacial score (nSPS) is 18.6. The summed E-state index contributed by atoms with van der Waals surface area (Å²) in [4.78, 5) is 2.99. The van der Waals surface area contributed by atoms with Crippen LogP contribution in [0.2, 0.25) is 0 Å². The Morgan fingerprint density at radius 2 is 1.95 bits per heavy atom. The fraction of sp³-hybridized carbons (Fsp3) is 0.533. The minimum absolute atomic E-state index is 0.0906. The van der Waals surface area contributed by atoms with Gasteiger partial charge in [-0.05, 0) is 50.0 Å². The summed E-state index contributed by atoms with van der Waals surface area (Å²) in [6.45, 7) is 2.06. The van der Waals surface area contributed by atoms with Crippen molar-refractivity contribution >= 4 is 23.3 Å². The molecule has 0 aliphatic heterocycles. The first-order chi connectivity index (χ1) is 9.59. The number of H-pyrrole nitrogens is 1. The minimum Gasteiger partial charge on any atom is -0.330 e. The van der Waals surface area contributed by atoms with Crippen LogP contribution in [-0.2, 0) is 0 Å². The Hall–Kier alpha value is -1.23. The van der Waals surface area contributed by atoms with Gasteiger partial charge in [-0.1, -0.05) is 19.3 Å². The second kappa shape index (κ2) is 5.28. The molecule has 1 N–H and O–H groups in total. The van der Waals surface area contributed by atoms with Gasteiger partial charge in [0.05, 0.1) is 5.52 Å². The van der Waals surface area contributed by atoms with Gasteiger partial charge in [0.15, 0.2) is 16.4 Å². The molecular weight excluding hydrogens is 278 g/mol. The lowest BCUT2D eigenvalue weighted by molar-refractivity contribution is 0.265. The van der Waals surface area contributed by atoms with Crippen molar-refractivity contribution in [1.29, 1.82) is 0 Å². The van der Waals surface area contributed by atoms with Crippen molar-refractivity contribution in [2.75, 3.05) is 0 Å². The van der Waals surface area contributed by atoms with Gasteiger partial charge >= 0.3 is 0 Å². The summed E-state index contributed by atoms with van der Waals surface area (Å²) in [5.74, 6) is -1.15. The first-order valence-electron chi connectivity index (χ1n) is 7.18. The third kappa shape index (κ3) is 2.18. The number of aromatic nitrogens is 2. The number of benzene rings is 1. The highest BCUT2D eigenvalue weighted by Gasteiger charge is 2.25. The maximum Gasteiger partial charge on any atom is 0.184 e. The molecule has 0 saturated heterocycles. The van der Waals surface area contributed by atoms with E-state index in [0.717, 1.165) is 18.9 Å². The second-order valence-corrected chi connectivity index (χ2v) is 6.08. The lowest BCUT2D eigenvalue weighted by Gasteiger charge is -2.29. The van der Waals surface area contributed by atoms with E-state index in [1.54, 1.807) is 10.6 Å². The number of rotatable bonds is 2. The van der Waals surface area contributed by atoms with E-state index in [4.69, 9.17) is 12.2 Å². The van der Waals surface area contributed by atoms with E-state index in [9.17, 15) is 8.78 Å². The highest BCUT2D eigenvalue weighted by atomic mass is 32.1. The summed E-state index contributed by atoms with van der Waals surface area (Å²) in [6, 6.07) is 2.78. The van der Waals surface area contributed by atoms with E-state index in [2.05, 4.69) is 11.9 Å². The van der Waals surface area contributed by atoms with Crippen LogP contribution < -0.4 is 0 Å². The summed E-state index contributed by atoms with van der Waals surface area (Å²) in [7, 11) is 0. The quantitative estimate of drug-likeness (QED) is 0.763. The number of halogens is 2. The average molecular weight is 296 g/mol. The second-order valence-electron chi connectivity index (χ2n) is 5.70. The van der Waals surface area contributed by atoms with E-state index in [1.165, 1.54) is 19.3 Å². The highest BCUT2D eigenvalue weighted by molar-refractivity contribution is 7.71. The van der Waals surface area contributed by atoms with Crippen LogP contribution in [-0.4, -0.2) is 9.55 Å². The molecule has 2 aromatic rings. The molecule has 0 spiro atoms. The molecule has 1 atom stereocenters. The van der Waals surface area contributed by atoms with Gasteiger partial charge in [-0.25, -0.2) is 8.78 Å². The Morgan fingerprint density at radius 3 is 2.65 bits per heavy atom. The molecule has 5 heteroatoms. The number of hydrogen-bond donors (Lipinski definition) is 1. The van der Waals surface area contributed by atoms with Gasteiger partial charge in [0, 0.05) is 6.04 Å². The summed E-state index contributed by atoms with van der Waals surface area (Å²) < 4.78 is 29.9. The number of imidazole rings is 1. The molecule has 1 aromatic carbocycles. The number of nitrogens with zero attached hydrogens (tertiary/aromatic N) is 1. The summed E-state index contributed by atoms with van der Waals surface area (Å²) in [6.07, 6.45) is 5.95. The van der Waals surface area contributed by atoms with Gasteiger partial charge < -0.3 is 9.55 Å². The van der Waals surface area contributed by atoms with Crippen LogP contribution in [0.25, 0.3) is 11.0 Å². The van der Waals surface area contributed by atoms with Crippen LogP contribution in [0.15, 0.2) is 12.1 Å². The molecule has 1 saturated carbocycles. The van der Waals surface area contributed by atoms with Crippen LogP contribution in [0.1, 0.15) is 45.1 Å². The van der Waals surface area contributed by atoms with E-state index in [0.29, 0.717) is 16.2 Å². The molecule has 2 nitrogen and oxygen atoms in total. The molecule has 1 aliphatic rings. The summed E-state index contributed by atoms with van der Waals surface area (Å²) in [5, 5.41) is 0. The molecule has 0 radical (unpaired) electrons. The first-order valence-corrected chi connectivity index (χ1v) is 7.58. The Balaban J connectivity index is 2.12. The molecule has 1 heterocycles. The number of nitrogens with one attached hydrogen (secondary N) is 1. The minimum atomic E-state index is -0.823. The van der Waals surface area contributed by atoms with Crippen LogP contribution in [0, 0.1) is 22.3 Å². The number of fused-ring (bicyclic) bond motifs is 1. The van der Waals surface area contributed by atoms with Gasteiger partial charge in [-0.15, -0.1) is 0 Å². The molecule has 1 aromatic heterocycles. The smallest absolute Gasteiger partial charge is 0.184 e. The van der Waals surface area contributed by atoms with Gasteiger partial charge in [-0.2, -0.15) is 0 Å². The monoisotopic (exact) mass is 296 g/mol.